The molecule has 0 saturated heterocycles. The van der Waals surface area contributed by atoms with Crippen molar-refractivity contribution in [2.24, 2.45) is 0 Å². The molecule has 0 saturated carbocycles. The van der Waals surface area contributed by atoms with Crippen LogP contribution in [0.2, 0.25) is 0 Å². The van der Waals surface area contributed by atoms with E-state index in [1.54, 1.807) is 0 Å². The maximum Gasteiger partial charge on any atom is 4.00 e. The van der Waals surface area contributed by atoms with Crippen LogP contribution in [0, 0.1) is 0 Å². The molecule has 34 valence electrons. The van der Waals surface area contributed by atoms with Gasteiger partial charge in [-0.15, -0.1) is 0 Å². The van der Waals surface area contributed by atoms with Crippen molar-refractivity contribution in [1.29, 1.82) is 0 Å². The van der Waals surface area contributed by atoms with E-state index in [0.29, 0.717) is 0 Å². The van der Waals surface area contributed by atoms with E-state index in [4.69, 9.17) is 16.5 Å². The molecule has 0 rings (SSSR count). The second-order valence-electron chi connectivity index (χ2n) is 0.101. The number of hydrogen-bond acceptors (Lipinski definition) is 0. The molecule has 0 unspecified atom stereocenters. The van der Waals surface area contributed by atoms with Crippen LogP contribution in [0.25, 0.3) is 0 Å². The van der Waals surface area contributed by atoms with E-state index < -0.39 is 22.1 Å². The van der Waals surface area contributed by atoms with Gasteiger partial charge in [-0.1, -0.05) is 0 Å². The molecule has 0 spiro atoms. The summed E-state index contributed by atoms with van der Waals surface area (Å²) in [6.45, 7) is 0. The van der Waals surface area contributed by atoms with Gasteiger partial charge in [0.05, 0.1) is 0 Å². The third-order valence-corrected chi connectivity index (χ3v) is 0. The van der Waals surface area contributed by atoms with Crippen molar-refractivity contribution in [2.75, 3.05) is 0 Å². The van der Waals surface area contributed by atoms with Crippen LogP contribution < -0.4 is 0 Å². The fourth-order valence-electron chi connectivity index (χ4n) is 0. The van der Waals surface area contributed by atoms with Gasteiger partial charge in [0.25, 0.3) is 0 Å². The first kappa shape index (κ1) is 24.2. The van der Waals surface area contributed by atoms with Gasteiger partial charge in [-0.3, -0.25) is 0 Å². The molecular formula is Cl2HgO2W. The second-order valence-corrected chi connectivity index (χ2v) is 7.98. The van der Waals surface area contributed by atoms with E-state index in [9.17, 15) is 0 Å². The van der Waals surface area contributed by atoms with Crippen LogP contribution in [0.5, 0.6) is 0 Å². The van der Waals surface area contributed by atoms with Crippen molar-refractivity contribution in [3.05, 3.63) is 0 Å². The van der Waals surface area contributed by atoms with Gasteiger partial charge in [0, 0.05) is 0 Å². The molecule has 0 aliphatic heterocycles. The first-order chi connectivity index (χ1) is 1.41. The largest absolute Gasteiger partial charge is 4.00 e. The minimum atomic E-state index is -1.14. The van der Waals surface area contributed by atoms with Gasteiger partial charge in [-0.2, -0.15) is 0 Å². The molecule has 0 aromatic heterocycles. The zero-order valence-corrected chi connectivity index (χ0v) is 12.6. The smallest absolute Gasteiger partial charge is 2.00 e. The third kappa shape index (κ3) is 35.6. The topological polar surface area (TPSA) is 57.0 Å². The summed E-state index contributed by atoms with van der Waals surface area (Å²) in [6, 6.07) is 0. The molecule has 0 aromatic rings. The van der Waals surface area contributed by atoms with Gasteiger partial charge >= 0.3 is 59.7 Å². The van der Waals surface area contributed by atoms with Gasteiger partial charge in [-0.05, 0) is 0 Å². The first-order valence-electron chi connectivity index (χ1n) is 0.535. The van der Waals surface area contributed by atoms with E-state index in [2.05, 4.69) is 0 Å². The molecule has 0 fully saturated rings. The third-order valence-electron chi connectivity index (χ3n) is 0. The molecule has 0 N–H and O–H groups in total. The molecule has 0 aliphatic rings. The van der Waals surface area contributed by atoms with Crippen LogP contribution in [0.4, 0.5) is 0 Å². The van der Waals surface area contributed by atoms with Gasteiger partial charge in [0.2, 0.25) is 0 Å². The molecular weight excluding hydrogens is 487 g/mol. The first-order valence-corrected chi connectivity index (χ1v) is 14.1. The van der Waals surface area contributed by atoms with Gasteiger partial charge in [0.15, 0.2) is 0 Å². The zero-order chi connectivity index (χ0) is 2.71. The van der Waals surface area contributed by atoms with Crippen molar-refractivity contribution in [3.63, 3.8) is 0 Å². The Morgan fingerprint density at radius 2 is 1.00 bits per heavy atom. The van der Waals surface area contributed by atoms with Gasteiger partial charge < -0.3 is 11.0 Å². The van der Waals surface area contributed by atoms with E-state index in [1.807, 2.05) is 0 Å². The summed E-state index contributed by atoms with van der Waals surface area (Å²) < 4.78 is 0. The van der Waals surface area contributed by atoms with Crippen LogP contribution in [0.3, 0.4) is 0 Å². The average Bonchev–Trinajstić information content (AvgIpc) is 0.918. The summed E-state index contributed by atoms with van der Waals surface area (Å²) in [4.78, 5) is 0. The molecule has 0 aromatic carbocycles. The van der Waals surface area contributed by atoms with Crippen molar-refractivity contribution < 1.29 is 54.1 Å². The number of hydrogen-bond donors (Lipinski definition) is 0. The Kier molecular flexibility index (Phi) is 111. The summed E-state index contributed by atoms with van der Waals surface area (Å²) in [5.41, 5.74) is 0. The molecule has 0 bridgehead atoms. The number of halogens is 2. The van der Waals surface area contributed by atoms with Crippen LogP contribution in [-0.4, -0.2) is 0 Å². The van der Waals surface area contributed by atoms with Crippen molar-refractivity contribution in [2.45, 2.75) is 0 Å². The summed E-state index contributed by atoms with van der Waals surface area (Å²) in [6.07, 6.45) is 0. The fraction of sp³-hybridized carbons (Fsp3) is 0. The van der Waals surface area contributed by atoms with Gasteiger partial charge in [-0.25, -0.2) is 0 Å². The Labute approximate surface area is 69.8 Å². The second kappa shape index (κ2) is 27.4. The molecule has 0 atom stereocenters. The predicted molar refractivity (Wildman–Crippen MR) is 13.1 cm³/mol. The van der Waals surface area contributed by atoms with Crippen LogP contribution in [0.1, 0.15) is 0 Å². The van der Waals surface area contributed by atoms with E-state index >= 15 is 0 Å². The summed E-state index contributed by atoms with van der Waals surface area (Å²) >= 11 is -1.14. The Bertz CT molecular complexity index is 11.5. The van der Waals surface area contributed by atoms with Crippen LogP contribution >= 0.6 is 16.5 Å². The fourth-order valence-corrected chi connectivity index (χ4v) is 0. The molecule has 0 heterocycles. The minimum absolute atomic E-state index is 0. The maximum absolute atomic E-state index is 4.99. The van der Waals surface area contributed by atoms with E-state index in [1.165, 1.54) is 0 Å². The summed E-state index contributed by atoms with van der Waals surface area (Å²) in [7, 11) is 9.97. The van der Waals surface area contributed by atoms with Crippen LogP contribution in [-0.2, 0) is 54.1 Å². The Morgan fingerprint density at radius 1 is 1.00 bits per heavy atom. The summed E-state index contributed by atoms with van der Waals surface area (Å²) in [5.74, 6) is 0. The number of rotatable bonds is 0. The van der Waals surface area contributed by atoms with Crippen molar-refractivity contribution in [3.8, 4) is 0 Å². The van der Waals surface area contributed by atoms with Gasteiger partial charge in [0.1, 0.15) is 0 Å². The maximum atomic E-state index is 4.99. The molecule has 0 amide bonds. The SMILES string of the molecule is [Cl][Hg][Cl].[O-2].[O-2].[W+4]. The predicted octanol–water partition coefficient (Wildman–Crippen LogP) is 1.14. The minimum Gasteiger partial charge on any atom is -2.00 e. The normalized spacial score (nSPS) is 1.67. The van der Waals surface area contributed by atoms with E-state index in [-0.39, 0.29) is 32.0 Å². The average molecular weight is 487 g/mol. The zero-order valence-electron chi connectivity index (χ0n) is 2.69. The van der Waals surface area contributed by atoms with Crippen molar-refractivity contribution >= 4 is 16.5 Å². The molecule has 6 heavy (non-hydrogen) atoms. The standard InChI is InChI=1S/2ClH.Hg.2O.W/h2*1H;;;;/q;;+2;2*-2;+4/p-2. The molecule has 0 radical (unpaired) electrons. The quantitative estimate of drug-likeness (QED) is 0.461. The van der Waals surface area contributed by atoms with E-state index in [0.717, 1.165) is 0 Å². The molecule has 2 nitrogen and oxygen atoms in total. The Balaban J connectivity index is -0.00000000667. The Morgan fingerprint density at radius 3 is 1.00 bits per heavy atom. The Hall–Kier alpha value is 2.12. The molecule has 6 heteroatoms. The monoisotopic (exact) mass is 488 g/mol. The van der Waals surface area contributed by atoms with Crippen LogP contribution in [0.15, 0.2) is 0 Å². The summed E-state index contributed by atoms with van der Waals surface area (Å²) in [5, 5.41) is 0. The van der Waals surface area contributed by atoms with Crippen molar-refractivity contribution in [1.82, 2.24) is 0 Å². The molecule has 0 aliphatic carbocycles.